The zero-order valence-corrected chi connectivity index (χ0v) is 15.8. The lowest BCUT2D eigenvalue weighted by molar-refractivity contribution is 0.102. The number of amides is 1. The van der Waals surface area contributed by atoms with Gasteiger partial charge in [-0.2, -0.15) is 0 Å². The second kappa shape index (κ2) is 7.63. The minimum absolute atomic E-state index is 0.157. The van der Waals surface area contributed by atoms with Crippen molar-refractivity contribution in [3.63, 3.8) is 0 Å². The second-order valence-corrected chi connectivity index (χ2v) is 8.16. The third kappa shape index (κ3) is 4.74. The molecule has 0 aliphatic carbocycles. The van der Waals surface area contributed by atoms with Crippen molar-refractivity contribution in [2.45, 2.75) is 11.8 Å². The zero-order chi connectivity index (χ0) is 19.4. The lowest BCUT2D eigenvalue weighted by Crippen LogP contribution is -2.13. The van der Waals surface area contributed by atoms with Gasteiger partial charge in [-0.1, -0.05) is 30.3 Å². The third-order valence-electron chi connectivity index (χ3n) is 3.96. The Balaban J connectivity index is 1.82. The summed E-state index contributed by atoms with van der Waals surface area (Å²) in [6.45, 7) is 1.80. The Labute approximate surface area is 158 Å². The minimum atomic E-state index is -3.36. The molecule has 6 heteroatoms. The topological polar surface area (TPSA) is 72.5 Å². The summed E-state index contributed by atoms with van der Waals surface area (Å²) in [5.74, 6) is 0.865. The van der Waals surface area contributed by atoms with Crippen LogP contribution in [0, 0.1) is 6.92 Å². The first-order chi connectivity index (χ1) is 12.8. The van der Waals surface area contributed by atoms with Crippen LogP contribution in [-0.2, 0) is 9.84 Å². The van der Waals surface area contributed by atoms with Gasteiger partial charge in [-0.15, -0.1) is 0 Å². The van der Waals surface area contributed by atoms with Crippen LogP contribution in [0.25, 0.3) is 0 Å². The van der Waals surface area contributed by atoms with Crippen molar-refractivity contribution in [2.24, 2.45) is 0 Å². The van der Waals surface area contributed by atoms with Crippen LogP contribution >= 0.6 is 0 Å². The number of hydrogen-bond acceptors (Lipinski definition) is 4. The molecular formula is C21H19NO4S. The van der Waals surface area contributed by atoms with Crippen LogP contribution in [0.5, 0.6) is 11.5 Å². The average molecular weight is 381 g/mol. The standard InChI is InChI=1S/C21H19NO4S/c1-15-11-12-19(27(2,24)25)14-20(15)22-21(23)16-7-6-10-18(13-16)26-17-8-4-3-5-9-17/h3-14H,1-2H3,(H,22,23). The van der Waals surface area contributed by atoms with Gasteiger partial charge in [0.15, 0.2) is 9.84 Å². The predicted octanol–water partition coefficient (Wildman–Crippen LogP) is 4.44. The predicted molar refractivity (Wildman–Crippen MR) is 105 cm³/mol. The molecule has 0 heterocycles. The van der Waals surface area contributed by atoms with Crippen molar-refractivity contribution >= 4 is 21.4 Å². The fourth-order valence-electron chi connectivity index (χ4n) is 2.49. The number of benzene rings is 3. The van der Waals surface area contributed by atoms with Crippen LogP contribution in [0.3, 0.4) is 0 Å². The molecule has 0 fully saturated rings. The summed E-state index contributed by atoms with van der Waals surface area (Å²) in [7, 11) is -3.36. The first-order valence-electron chi connectivity index (χ1n) is 8.28. The Kier molecular flexibility index (Phi) is 5.28. The summed E-state index contributed by atoms with van der Waals surface area (Å²) in [5, 5.41) is 2.77. The van der Waals surface area contributed by atoms with Crippen molar-refractivity contribution in [2.75, 3.05) is 11.6 Å². The second-order valence-electron chi connectivity index (χ2n) is 6.15. The van der Waals surface area contributed by atoms with Crippen molar-refractivity contribution in [3.8, 4) is 11.5 Å². The molecule has 0 spiro atoms. The number of aryl methyl sites for hydroxylation is 1. The van der Waals surface area contributed by atoms with E-state index in [0.717, 1.165) is 11.8 Å². The zero-order valence-electron chi connectivity index (χ0n) is 15.0. The van der Waals surface area contributed by atoms with Gasteiger partial charge in [0, 0.05) is 17.5 Å². The van der Waals surface area contributed by atoms with Gasteiger partial charge >= 0.3 is 0 Å². The molecule has 0 saturated carbocycles. The summed E-state index contributed by atoms with van der Waals surface area (Å²) in [4.78, 5) is 12.8. The summed E-state index contributed by atoms with van der Waals surface area (Å²) >= 11 is 0. The van der Waals surface area contributed by atoms with E-state index >= 15 is 0 Å². The van der Waals surface area contributed by atoms with Gasteiger partial charge in [0.1, 0.15) is 11.5 Å². The Hall–Kier alpha value is -3.12. The smallest absolute Gasteiger partial charge is 0.255 e. The molecule has 1 N–H and O–H groups in total. The maximum absolute atomic E-state index is 12.6. The lowest BCUT2D eigenvalue weighted by atomic mass is 10.1. The molecule has 0 bridgehead atoms. The molecule has 3 aromatic rings. The normalized spacial score (nSPS) is 11.0. The van der Waals surface area contributed by atoms with Crippen molar-refractivity contribution in [3.05, 3.63) is 83.9 Å². The van der Waals surface area contributed by atoms with Gasteiger partial charge in [0.2, 0.25) is 0 Å². The minimum Gasteiger partial charge on any atom is -0.457 e. The molecule has 0 atom stereocenters. The highest BCUT2D eigenvalue weighted by Crippen LogP contribution is 2.24. The summed E-state index contributed by atoms with van der Waals surface area (Å²) in [5.41, 5.74) is 1.64. The number of carbonyl (C=O) groups is 1. The highest BCUT2D eigenvalue weighted by atomic mass is 32.2. The van der Waals surface area contributed by atoms with Gasteiger partial charge in [0.05, 0.1) is 4.90 Å². The summed E-state index contributed by atoms with van der Waals surface area (Å²) in [6, 6.07) is 20.7. The van der Waals surface area contributed by atoms with E-state index < -0.39 is 9.84 Å². The van der Waals surface area contributed by atoms with E-state index in [9.17, 15) is 13.2 Å². The number of carbonyl (C=O) groups excluding carboxylic acids is 1. The fourth-order valence-corrected chi connectivity index (χ4v) is 3.13. The number of nitrogens with one attached hydrogen (secondary N) is 1. The van der Waals surface area contributed by atoms with Crippen molar-refractivity contribution in [1.29, 1.82) is 0 Å². The quantitative estimate of drug-likeness (QED) is 0.709. The number of sulfone groups is 1. The van der Waals surface area contributed by atoms with E-state index in [-0.39, 0.29) is 10.8 Å². The van der Waals surface area contributed by atoms with E-state index in [1.807, 2.05) is 30.3 Å². The fraction of sp³-hybridized carbons (Fsp3) is 0.0952. The van der Waals surface area contributed by atoms with Gasteiger partial charge < -0.3 is 10.1 Å². The van der Waals surface area contributed by atoms with E-state index in [1.165, 1.54) is 12.1 Å². The number of anilines is 1. The maximum Gasteiger partial charge on any atom is 0.255 e. The SMILES string of the molecule is Cc1ccc(S(C)(=O)=O)cc1NC(=O)c1cccc(Oc2ccccc2)c1. The van der Waals surface area contributed by atoms with Crippen LogP contribution in [0.4, 0.5) is 5.69 Å². The molecular weight excluding hydrogens is 362 g/mol. The Morgan fingerprint density at radius 1 is 0.889 bits per heavy atom. The largest absolute Gasteiger partial charge is 0.457 e. The summed E-state index contributed by atoms with van der Waals surface area (Å²) < 4.78 is 29.2. The highest BCUT2D eigenvalue weighted by molar-refractivity contribution is 7.90. The van der Waals surface area contributed by atoms with Crippen LogP contribution in [0.1, 0.15) is 15.9 Å². The lowest BCUT2D eigenvalue weighted by Gasteiger charge is -2.11. The Morgan fingerprint density at radius 2 is 1.59 bits per heavy atom. The molecule has 0 aliphatic rings. The molecule has 0 aliphatic heterocycles. The van der Waals surface area contributed by atoms with Crippen LogP contribution in [0.2, 0.25) is 0 Å². The molecule has 0 aromatic heterocycles. The van der Waals surface area contributed by atoms with Gasteiger partial charge in [-0.25, -0.2) is 8.42 Å². The number of hydrogen-bond donors (Lipinski definition) is 1. The molecule has 138 valence electrons. The average Bonchev–Trinajstić information content (AvgIpc) is 2.63. The Bertz CT molecular complexity index is 1080. The van der Waals surface area contributed by atoms with E-state index in [2.05, 4.69) is 5.32 Å². The first kappa shape index (κ1) is 18.7. The molecule has 1 amide bonds. The van der Waals surface area contributed by atoms with Crippen LogP contribution in [-0.4, -0.2) is 20.6 Å². The molecule has 0 saturated heterocycles. The summed E-state index contributed by atoms with van der Waals surface area (Å²) in [6.07, 6.45) is 1.13. The third-order valence-corrected chi connectivity index (χ3v) is 5.07. The van der Waals surface area contributed by atoms with Gasteiger partial charge in [-0.3, -0.25) is 4.79 Å². The van der Waals surface area contributed by atoms with Crippen LogP contribution < -0.4 is 10.1 Å². The molecule has 5 nitrogen and oxygen atoms in total. The van der Waals surface area contributed by atoms with E-state index in [0.29, 0.717) is 22.7 Å². The molecule has 3 aromatic carbocycles. The van der Waals surface area contributed by atoms with Crippen molar-refractivity contribution < 1.29 is 17.9 Å². The molecule has 0 unspecified atom stereocenters. The highest BCUT2D eigenvalue weighted by Gasteiger charge is 2.13. The monoisotopic (exact) mass is 381 g/mol. The number of ether oxygens (including phenoxy) is 1. The van der Waals surface area contributed by atoms with E-state index in [4.69, 9.17) is 4.74 Å². The maximum atomic E-state index is 12.6. The van der Waals surface area contributed by atoms with Gasteiger partial charge in [-0.05, 0) is 55.0 Å². The first-order valence-corrected chi connectivity index (χ1v) is 10.2. The number of rotatable bonds is 5. The van der Waals surface area contributed by atoms with Crippen LogP contribution in [0.15, 0.2) is 77.7 Å². The van der Waals surface area contributed by atoms with Gasteiger partial charge in [0.25, 0.3) is 5.91 Å². The number of para-hydroxylation sites is 1. The molecule has 3 rings (SSSR count). The molecule has 27 heavy (non-hydrogen) atoms. The van der Waals surface area contributed by atoms with E-state index in [1.54, 1.807) is 37.3 Å². The Morgan fingerprint density at radius 3 is 2.30 bits per heavy atom. The molecule has 0 radical (unpaired) electrons. The van der Waals surface area contributed by atoms with Crippen molar-refractivity contribution in [1.82, 2.24) is 0 Å².